The van der Waals surface area contributed by atoms with E-state index >= 15 is 0 Å². The van der Waals surface area contributed by atoms with Gasteiger partial charge in [-0.2, -0.15) is 0 Å². The third-order valence-corrected chi connectivity index (χ3v) is 7.46. The summed E-state index contributed by atoms with van der Waals surface area (Å²) < 4.78 is 12.1. The Balaban J connectivity index is 1.61. The maximum atomic E-state index is 12.6. The van der Waals surface area contributed by atoms with Gasteiger partial charge in [0, 0.05) is 36.1 Å². The van der Waals surface area contributed by atoms with Gasteiger partial charge in [0.1, 0.15) is 6.61 Å². The molecule has 2 N–H and O–H groups in total. The summed E-state index contributed by atoms with van der Waals surface area (Å²) >= 11 is 5.89. The highest BCUT2D eigenvalue weighted by Gasteiger charge is 2.42. The maximum absolute atomic E-state index is 12.6. The molecule has 0 bridgehead atoms. The van der Waals surface area contributed by atoms with Gasteiger partial charge < -0.3 is 29.6 Å². The number of nitrogens with one attached hydrogen (secondary N) is 2. The number of para-hydroxylation sites is 1. The van der Waals surface area contributed by atoms with Gasteiger partial charge in [-0.1, -0.05) is 18.2 Å². The van der Waals surface area contributed by atoms with Crippen LogP contribution in [0.1, 0.15) is 45.1 Å². The zero-order valence-electron chi connectivity index (χ0n) is 23.3. The molecule has 0 radical (unpaired) electrons. The molecule has 1 fully saturated rings. The van der Waals surface area contributed by atoms with E-state index in [1.165, 1.54) is 14.2 Å². The predicted molar refractivity (Wildman–Crippen MR) is 161 cm³/mol. The van der Waals surface area contributed by atoms with Crippen LogP contribution in [0.3, 0.4) is 0 Å². The van der Waals surface area contributed by atoms with E-state index in [2.05, 4.69) is 31.2 Å². The lowest BCUT2D eigenvalue weighted by Gasteiger charge is -2.28. The number of ether oxygens (including phenoxy) is 2. The first kappa shape index (κ1) is 28.0. The van der Waals surface area contributed by atoms with Gasteiger partial charge in [-0.3, -0.25) is 9.78 Å². The van der Waals surface area contributed by atoms with E-state index in [-0.39, 0.29) is 24.6 Å². The monoisotopic (exact) mass is 569 g/mol. The minimum absolute atomic E-state index is 0.0234. The van der Waals surface area contributed by atoms with Crippen LogP contribution in [-0.2, 0) is 14.3 Å². The van der Waals surface area contributed by atoms with Crippen molar-refractivity contribution in [2.75, 3.05) is 31.0 Å². The van der Waals surface area contributed by atoms with Crippen molar-refractivity contribution in [2.24, 2.45) is 0 Å². The quantitative estimate of drug-likeness (QED) is 0.225. The Morgan fingerprint density at radius 3 is 2.44 bits per heavy atom. The van der Waals surface area contributed by atoms with Gasteiger partial charge >= 0.3 is 5.97 Å². The van der Waals surface area contributed by atoms with Crippen molar-refractivity contribution in [3.05, 3.63) is 107 Å². The Morgan fingerprint density at radius 1 is 1.02 bits per heavy atom. The van der Waals surface area contributed by atoms with Crippen LogP contribution in [-0.4, -0.2) is 47.4 Å². The molecular formula is C31H31N5O4S. The smallest absolute Gasteiger partial charge is 0.339 e. The molecule has 2 unspecified atom stereocenters. The number of rotatable bonds is 8. The SMILES string of the molecule is COCC(=O)Nc1ccc(N2C(=S)NC(c3ccccn3)C2c2cc(C)n(-c3ccccc3C(=O)OC)c2C)cc1. The summed E-state index contributed by atoms with van der Waals surface area (Å²) in [5, 5.41) is 6.87. The van der Waals surface area contributed by atoms with E-state index in [1.807, 2.05) is 74.5 Å². The van der Waals surface area contributed by atoms with Crippen molar-refractivity contribution >= 4 is 40.6 Å². The average Bonchev–Trinajstić information content (AvgIpc) is 3.48. The number of hydrogen-bond acceptors (Lipinski definition) is 6. The number of carbonyl (C=O) groups is 2. The van der Waals surface area contributed by atoms with Crippen molar-refractivity contribution in [3.63, 3.8) is 0 Å². The van der Waals surface area contributed by atoms with Crippen molar-refractivity contribution in [1.29, 1.82) is 0 Å². The van der Waals surface area contributed by atoms with E-state index in [0.29, 0.717) is 16.4 Å². The maximum Gasteiger partial charge on any atom is 0.339 e. The fourth-order valence-corrected chi connectivity index (χ4v) is 5.74. The molecule has 10 heteroatoms. The molecule has 2 aromatic heterocycles. The molecule has 2 atom stereocenters. The molecule has 0 aliphatic carbocycles. The van der Waals surface area contributed by atoms with Gasteiger partial charge in [-0.15, -0.1) is 0 Å². The number of carbonyl (C=O) groups excluding carboxylic acids is 2. The van der Waals surface area contributed by atoms with Gasteiger partial charge in [-0.05, 0) is 86.2 Å². The molecule has 5 rings (SSSR count). The van der Waals surface area contributed by atoms with Crippen LogP contribution >= 0.6 is 12.2 Å². The van der Waals surface area contributed by atoms with E-state index in [9.17, 15) is 9.59 Å². The first-order chi connectivity index (χ1) is 19.8. The fourth-order valence-electron chi connectivity index (χ4n) is 5.39. The second-order valence-electron chi connectivity index (χ2n) is 9.70. The van der Waals surface area contributed by atoms with Crippen LogP contribution in [0.15, 0.2) is 79.0 Å². The minimum atomic E-state index is -0.399. The lowest BCUT2D eigenvalue weighted by atomic mass is 9.96. The molecule has 0 spiro atoms. The third-order valence-electron chi connectivity index (χ3n) is 7.14. The Labute approximate surface area is 244 Å². The normalized spacial score (nSPS) is 16.4. The average molecular weight is 570 g/mol. The number of amides is 1. The largest absolute Gasteiger partial charge is 0.465 e. The summed E-state index contributed by atoms with van der Waals surface area (Å²) in [6.07, 6.45) is 1.77. The summed E-state index contributed by atoms with van der Waals surface area (Å²) in [4.78, 5) is 31.4. The van der Waals surface area contributed by atoms with E-state index in [0.717, 1.165) is 34.0 Å². The van der Waals surface area contributed by atoms with E-state index < -0.39 is 5.97 Å². The minimum Gasteiger partial charge on any atom is -0.465 e. The second-order valence-corrected chi connectivity index (χ2v) is 10.1. The summed E-state index contributed by atoms with van der Waals surface area (Å²) in [5.41, 5.74) is 6.54. The number of aryl methyl sites for hydroxylation is 1. The predicted octanol–water partition coefficient (Wildman–Crippen LogP) is 5.04. The van der Waals surface area contributed by atoms with Crippen LogP contribution < -0.4 is 15.5 Å². The van der Waals surface area contributed by atoms with Gasteiger partial charge in [0.2, 0.25) is 5.91 Å². The zero-order chi connectivity index (χ0) is 29.1. The van der Waals surface area contributed by atoms with Crippen LogP contribution in [0.25, 0.3) is 5.69 Å². The Bertz CT molecular complexity index is 1590. The number of nitrogens with zero attached hydrogens (tertiary/aromatic N) is 3. The Hall–Kier alpha value is -4.54. The summed E-state index contributed by atoms with van der Waals surface area (Å²) in [7, 11) is 2.86. The Morgan fingerprint density at radius 2 is 1.76 bits per heavy atom. The standard InChI is InChI=1S/C31H31N5O4S/c1-19-17-24(20(2)35(19)26-11-6-5-9-23(26)30(38)40-4)29-28(25-10-7-8-16-32-25)34-31(41)36(29)22-14-12-21(13-15-22)33-27(37)18-39-3/h5-17,28-29H,18H2,1-4H3,(H,33,37)(H,34,41). The van der Waals surface area contributed by atoms with E-state index in [1.54, 1.807) is 12.3 Å². The number of hydrogen-bond donors (Lipinski definition) is 2. The zero-order valence-corrected chi connectivity index (χ0v) is 24.1. The van der Waals surface area contributed by atoms with Crippen molar-refractivity contribution in [3.8, 4) is 5.69 Å². The van der Waals surface area contributed by atoms with Gasteiger partial charge in [0.25, 0.3) is 0 Å². The number of thiocarbonyl (C=S) groups is 1. The molecule has 1 aliphatic rings. The highest BCUT2D eigenvalue weighted by Crippen LogP contribution is 2.44. The van der Waals surface area contributed by atoms with Crippen LogP contribution in [0, 0.1) is 13.8 Å². The number of aromatic nitrogens is 2. The number of anilines is 2. The first-order valence-electron chi connectivity index (χ1n) is 13.1. The first-order valence-corrected chi connectivity index (χ1v) is 13.5. The third kappa shape index (κ3) is 5.44. The Kier molecular flexibility index (Phi) is 8.14. The van der Waals surface area contributed by atoms with E-state index in [4.69, 9.17) is 21.7 Å². The van der Waals surface area contributed by atoms with Crippen LogP contribution in [0.2, 0.25) is 0 Å². The molecule has 3 heterocycles. The van der Waals surface area contributed by atoms with Crippen LogP contribution in [0.5, 0.6) is 0 Å². The molecule has 9 nitrogen and oxygen atoms in total. The number of methoxy groups -OCH3 is 2. The highest BCUT2D eigenvalue weighted by molar-refractivity contribution is 7.80. The molecule has 1 aliphatic heterocycles. The molecule has 2 aromatic carbocycles. The second kappa shape index (κ2) is 11.9. The molecule has 210 valence electrons. The number of benzene rings is 2. The molecule has 41 heavy (non-hydrogen) atoms. The molecular weight excluding hydrogens is 538 g/mol. The molecule has 0 saturated carbocycles. The summed E-state index contributed by atoms with van der Waals surface area (Å²) in [5.74, 6) is -0.629. The number of esters is 1. The van der Waals surface area contributed by atoms with Crippen LogP contribution in [0.4, 0.5) is 11.4 Å². The van der Waals surface area contributed by atoms with Crippen molar-refractivity contribution in [2.45, 2.75) is 25.9 Å². The highest BCUT2D eigenvalue weighted by atomic mass is 32.1. The number of pyridine rings is 1. The lowest BCUT2D eigenvalue weighted by molar-refractivity contribution is -0.119. The fraction of sp³-hybridized carbons (Fsp3) is 0.226. The lowest BCUT2D eigenvalue weighted by Crippen LogP contribution is -2.29. The van der Waals surface area contributed by atoms with Gasteiger partial charge in [-0.25, -0.2) is 4.79 Å². The molecule has 1 saturated heterocycles. The summed E-state index contributed by atoms with van der Waals surface area (Å²) in [6, 6.07) is 22.4. The summed E-state index contributed by atoms with van der Waals surface area (Å²) in [6.45, 7) is 4.03. The topological polar surface area (TPSA) is 97.7 Å². The van der Waals surface area contributed by atoms with Gasteiger partial charge in [0.15, 0.2) is 5.11 Å². The van der Waals surface area contributed by atoms with Crippen molar-refractivity contribution < 1.29 is 19.1 Å². The molecule has 1 amide bonds. The molecule has 4 aromatic rings. The van der Waals surface area contributed by atoms with Crippen molar-refractivity contribution in [1.82, 2.24) is 14.9 Å². The van der Waals surface area contributed by atoms with Gasteiger partial charge in [0.05, 0.1) is 36.1 Å².